The Morgan fingerprint density at radius 1 is 0.931 bits per heavy atom. The molecular weight excluding hydrogens is 362 g/mol. The number of rotatable bonds is 8. The van der Waals surface area contributed by atoms with E-state index in [4.69, 9.17) is 0 Å². The van der Waals surface area contributed by atoms with Crippen LogP contribution in [0.1, 0.15) is 35.5 Å². The van der Waals surface area contributed by atoms with Crippen LogP contribution in [0, 0.1) is 6.92 Å². The van der Waals surface area contributed by atoms with Gasteiger partial charge in [-0.15, -0.1) is 0 Å². The third-order valence-corrected chi connectivity index (χ3v) is 4.73. The van der Waals surface area contributed by atoms with Crippen molar-refractivity contribution in [3.8, 4) is 0 Å². The fraction of sp³-hybridized carbons (Fsp3) is 0.261. The van der Waals surface area contributed by atoms with Gasteiger partial charge in [0.25, 0.3) is 5.91 Å². The number of hydrogen-bond donors (Lipinski definition) is 2. The summed E-state index contributed by atoms with van der Waals surface area (Å²) < 4.78 is 0. The third-order valence-electron chi connectivity index (χ3n) is 4.73. The average molecular weight is 390 g/mol. The van der Waals surface area contributed by atoms with E-state index in [1.165, 1.54) is 17.4 Å². The Kier molecular flexibility index (Phi) is 6.79. The molecule has 3 rings (SSSR count). The summed E-state index contributed by atoms with van der Waals surface area (Å²) in [6.45, 7) is 8.73. The van der Waals surface area contributed by atoms with Gasteiger partial charge in [0.1, 0.15) is 11.5 Å². The van der Waals surface area contributed by atoms with Gasteiger partial charge in [0.15, 0.2) is 0 Å². The molecule has 0 aliphatic carbocycles. The van der Waals surface area contributed by atoms with E-state index in [1.54, 1.807) is 6.20 Å². The molecule has 0 saturated carbocycles. The molecule has 0 unspecified atom stereocenters. The van der Waals surface area contributed by atoms with Crippen LogP contribution in [0.4, 0.5) is 17.2 Å². The minimum Gasteiger partial charge on any atom is -0.372 e. The second kappa shape index (κ2) is 9.68. The first kappa shape index (κ1) is 20.3. The second-order valence-corrected chi connectivity index (χ2v) is 6.80. The van der Waals surface area contributed by atoms with Gasteiger partial charge in [-0.1, -0.05) is 29.8 Å². The van der Waals surface area contributed by atoms with Crippen LogP contribution in [0.25, 0.3) is 0 Å². The van der Waals surface area contributed by atoms with Crippen molar-refractivity contribution in [2.24, 2.45) is 0 Å². The van der Waals surface area contributed by atoms with E-state index in [1.807, 2.05) is 43.3 Å². The summed E-state index contributed by atoms with van der Waals surface area (Å²) in [7, 11) is 0. The molecule has 6 nitrogen and oxygen atoms in total. The number of amides is 1. The van der Waals surface area contributed by atoms with Crippen LogP contribution in [-0.4, -0.2) is 29.0 Å². The zero-order chi connectivity index (χ0) is 20.6. The first-order valence-electron chi connectivity index (χ1n) is 9.87. The van der Waals surface area contributed by atoms with Crippen molar-refractivity contribution in [1.29, 1.82) is 0 Å². The monoisotopic (exact) mass is 389 g/mol. The fourth-order valence-corrected chi connectivity index (χ4v) is 2.98. The third kappa shape index (κ3) is 5.54. The topological polar surface area (TPSA) is 70.2 Å². The fourth-order valence-electron chi connectivity index (χ4n) is 2.98. The van der Waals surface area contributed by atoms with E-state index in [9.17, 15) is 4.79 Å². The maximum atomic E-state index is 12.3. The summed E-state index contributed by atoms with van der Waals surface area (Å²) in [6.07, 6.45) is 3.05. The molecule has 3 aromatic rings. The van der Waals surface area contributed by atoms with Crippen LogP contribution in [-0.2, 0) is 6.54 Å². The average Bonchev–Trinajstić information content (AvgIpc) is 2.76. The molecular formula is C23H27N5O. The summed E-state index contributed by atoms with van der Waals surface area (Å²) in [4.78, 5) is 23.1. The number of nitrogens with zero attached hydrogens (tertiary/aromatic N) is 3. The van der Waals surface area contributed by atoms with E-state index in [0.29, 0.717) is 18.1 Å². The highest BCUT2D eigenvalue weighted by Crippen LogP contribution is 2.20. The van der Waals surface area contributed by atoms with Crippen molar-refractivity contribution >= 4 is 23.1 Å². The first-order valence-corrected chi connectivity index (χ1v) is 9.87. The van der Waals surface area contributed by atoms with Crippen LogP contribution in [0.15, 0.2) is 60.9 Å². The number of nitrogens with one attached hydrogen (secondary N) is 2. The van der Waals surface area contributed by atoms with E-state index in [2.05, 4.69) is 51.5 Å². The molecule has 1 aromatic heterocycles. The molecule has 2 aromatic carbocycles. The highest BCUT2D eigenvalue weighted by molar-refractivity contribution is 5.92. The quantitative estimate of drug-likeness (QED) is 0.601. The summed E-state index contributed by atoms with van der Waals surface area (Å²) in [5.74, 6) is 0.351. The van der Waals surface area contributed by atoms with Crippen LogP contribution >= 0.6 is 0 Å². The highest BCUT2D eigenvalue weighted by atomic mass is 16.1. The summed E-state index contributed by atoms with van der Waals surface area (Å²) in [5, 5.41) is 6.08. The Labute approximate surface area is 172 Å². The molecule has 0 aliphatic heterocycles. The molecule has 0 fully saturated rings. The second-order valence-electron chi connectivity index (χ2n) is 6.80. The summed E-state index contributed by atoms with van der Waals surface area (Å²) in [6, 6.07) is 16.2. The SMILES string of the molecule is CCN(CC)c1ccc(Nc2cnc(C(=O)NCc3ccc(C)cc3)cn2)cc1. The maximum absolute atomic E-state index is 12.3. The Morgan fingerprint density at radius 2 is 1.62 bits per heavy atom. The lowest BCUT2D eigenvalue weighted by molar-refractivity contribution is 0.0945. The van der Waals surface area contributed by atoms with E-state index >= 15 is 0 Å². The molecule has 29 heavy (non-hydrogen) atoms. The van der Waals surface area contributed by atoms with E-state index in [-0.39, 0.29) is 5.91 Å². The predicted octanol–water partition coefficient (Wildman–Crippen LogP) is 4.30. The zero-order valence-corrected chi connectivity index (χ0v) is 17.1. The molecule has 0 radical (unpaired) electrons. The molecule has 0 bridgehead atoms. The Morgan fingerprint density at radius 3 is 2.21 bits per heavy atom. The van der Waals surface area contributed by atoms with Crippen molar-refractivity contribution in [2.75, 3.05) is 23.3 Å². The van der Waals surface area contributed by atoms with Gasteiger partial charge in [0, 0.05) is 31.0 Å². The lowest BCUT2D eigenvalue weighted by atomic mass is 10.1. The molecule has 0 spiro atoms. The van der Waals surface area contributed by atoms with Crippen molar-refractivity contribution in [3.05, 3.63) is 77.7 Å². The van der Waals surface area contributed by atoms with Crippen molar-refractivity contribution < 1.29 is 4.79 Å². The Hall–Kier alpha value is -3.41. The Balaban J connectivity index is 1.56. The number of anilines is 3. The maximum Gasteiger partial charge on any atom is 0.271 e. The zero-order valence-electron chi connectivity index (χ0n) is 17.1. The molecule has 1 heterocycles. The van der Waals surface area contributed by atoms with E-state index < -0.39 is 0 Å². The van der Waals surface area contributed by atoms with Gasteiger partial charge >= 0.3 is 0 Å². The lowest BCUT2D eigenvalue weighted by Crippen LogP contribution is -2.24. The summed E-state index contributed by atoms with van der Waals surface area (Å²) >= 11 is 0. The number of carbonyl (C=O) groups excluding carboxylic acids is 1. The minimum atomic E-state index is -0.242. The summed E-state index contributed by atoms with van der Waals surface area (Å²) in [5.41, 5.74) is 4.64. The standard InChI is InChI=1S/C23H27N5O/c1-4-28(5-2)20-12-10-19(11-13-20)27-22-16-24-21(15-25-22)23(29)26-14-18-8-6-17(3)7-9-18/h6-13,15-16H,4-5,14H2,1-3H3,(H,25,27)(H,26,29). The number of aromatic nitrogens is 2. The minimum absolute atomic E-state index is 0.242. The van der Waals surface area contributed by atoms with Gasteiger partial charge in [-0.3, -0.25) is 4.79 Å². The highest BCUT2D eigenvalue weighted by Gasteiger charge is 2.08. The van der Waals surface area contributed by atoms with Gasteiger partial charge in [0.05, 0.1) is 12.4 Å². The molecule has 1 amide bonds. The first-order chi connectivity index (χ1) is 14.1. The lowest BCUT2D eigenvalue weighted by Gasteiger charge is -2.21. The van der Waals surface area contributed by atoms with Gasteiger partial charge in [-0.25, -0.2) is 9.97 Å². The van der Waals surface area contributed by atoms with Gasteiger partial charge in [0.2, 0.25) is 0 Å². The largest absolute Gasteiger partial charge is 0.372 e. The normalized spacial score (nSPS) is 10.4. The molecule has 6 heteroatoms. The van der Waals surface area contributed by atoms with Gasteiger partial charge < -0.3 is 15.5 Å². The molecule has 0 atom stereocenters. The smallest absolute Gasteiger partial charge is 0.271 e. The van der Waals surface area contributed by atoms with Gasteiger partial charge in [-0.2, -0.15) is 0 Å². The van der Waals surface area contributed by atoms with Crippen molar-refractivity contribution in [2.45, 2.75) is 27.3 Å². The van der Waals surface area contributed by atoms with Crippen LogP contribution < -0.4 is 15.5 Å². The van der Waals surface area contributed by atoms with Gasteiger partial charge in [-0.05, 0) is 50.6 Å². The van der Waals surface area contributed by atoms with Crippen LogP contribution in [0.5, 0.6) is 0 Å². The molecule has 0 aliphatic rings. The molecule has 2 N–H and O–H groups in total. The van der Waals surface area contributed by atoms with Crippen LogP contribution in [0.3, 0.4) is 0 Å². The number of aryl methyl sites for hydroxylation is 1. The number of carbonyl (C=O) groups is 1. The van der Waals surface area contributed by atoms with Crippen molar-refractivity contribution in [1.82, 2.24) is 15.3 Å². The molecule has 0 saturated heterocycles. The Bertz CT molecular complexity index is 917. The van der Waals surface area contributed by atoms with Crippen molar-refractivity contribution in [3.63, 3.8) is 0 Å². The number of benzene rings is 2. The molecule has 150 valence electrons. The van der Waals surface area contributed by atoms with Crippen LogP contribution in [0.2, 0.25) is 0 Å². The van der Waals surface area contributed by atoms with E-state index in [0.717, 1.165) is 24.3 Å². The predicted molar refractivity (Wildman–Crippen MR) is 118 cm³/mol. The number of hydrogen-bond acceptors (Lipinski definition) is 5.